The van der Waals surface area contributed by atoms with Gasteiger partial charge in [-0.1, -0.05) is 18.2 Å². The molecule has 0 spiro atoms. The van der Waals surface area contributed by atoms with E-state index >= 15 is 0 Å². The average Bonchev–Trinajstić information content (AvgIpc) is 2.86. The minimum absolute atomic E-state index is 0.181. The third-order valence-electron chi connectivity index (χ3n) is 2.88. The van der Waals surface area contributed by atoms with Gasteiger partial charge in [-0.3, -0.25) is 0 Å². The first-order chi connectivity index (χ1) is 6.12. The molecular formula is C11H14FN. The second-order valence-corrected chi connectivity index (χ2v) is 4.04. The van der Waals surface area contributed by atoms with Crippen LogP contribution in [-0.4, -0.2) is 0 Å². The predicted molar refractivity (Wildman–Crippen MR) is 50.7 cm³/mol. The van der Waals surface area contributed by atoms with Gasteiger partial charge in [0.2, 0.25) is 0 Å². The summed E-state index contributed by atoms with van der Waals surface area (Å²) in [7, 11) is 0. The molecule has 0 saturated heterocycles. The first-order valence-electron chi connectivity index (χ1n) is 4.66. The van der Waals surface area contributed by atoms with Crippen LogP contribution in [0.25, 0.3) is 0 Å². The normalized spacial score (nSPS) is 21.2. The Morgan fingerprint density at radius 1 is 1.38 bits per heavy atom. The van der Waals surface area contributed by atoms with Gasteiger partial charge >= 0.3 is 0 Å². The molecule has 1 fully saturated rings. The van der Waals surface area contributed by atoms with Crippen LogP contribution in [0.5, 0.6) is 0 Å². The third kappa shape index (κ3) is 1.46. The standard InChI is InChI=1S/C11H14FN/c1-11(13,8-6-7-8)9-4-2-3-5-10(9)12/h2-5,8H,6-7,13H2,1H3. The zero-order valence-corrected chi connectivity index (χ0v) is 7.76. The van der Waals surface area contributed by atoms with Crippen LogP contribution in [0.2, 0.25) is 0 Å². The molecule has 70 valence electrons. The number of halogens is 1. The Hall–Kier alpha value is -0.890. The zero-order valence-electron chi connectivity index (χ0n) is 7.76. The summed E-state index contributed by atoms with van der Waals surface area (Å²) < 4.78 is 13.4. The van der Waals surface area contributed by atoms with Gasteiger partial charge in [0.25, 0.3) is 0 Å². The zero-order chi connectivity index (χ0) is 9.47. The second kappa shape index (κ2) is 2.81. The summed E-state index contributed by atoms with van der Waals surface area (Å²) in [5, 5.41) is 0. The molecule has 0 aliphatic heterocycles. The fourth-order valence-electron chi connectivity index (χ4n) is 1.80. The summed E-state index contributed by atoms with van der Waals surface area (Å²) in [6, 6.07) is 6.80. The van der Waals surface area contributed by atoms with Gasteiger partial charge in [-0.05, 0) is 31.7 Å². The molecule has 0 aromatic heterocycles. The van der Waals surface area contributed by atoms with Crippen molar-refractivity contribution in [2.75, 3.05) is 0 Å². The molecule has 2 heteroatoms. The largest absolute Gasteiger partial charge is 0.321 e. The van der Waals surface area contributed by atoms with Gasteiger partial charge in [0.15, 0.2) is 0 Å². The first-order valence-corrected chi connectivity index (χ1v) is 4.66. The Labute approximate surface area is 77.8 Å². The van der Waals surface area contributed by atoms with Crippen molar-refractivity contribution >= 4 is 0 Å². The molecule has 1 aliphatic rings. The molecule has 13 heavy (non-hydrogen) atoms. The van der Waals surface area contributed by atoms with Gasteiger partial charge in [0.05, 0.1) is 0 Å². The fourth-order valence-corrected chi connectivity index (χ4v) is 1.80. The third-order valence-corrected chi connectivity index (χ3v) is 2.88. The molecule has 0 bridgehead atoms. The molecule has 1 aliphatic carbocycles. The molecule has 1 unspecified atom stereocenters. The highest BCUT2D eigenvalue weighted by atomic mass is 19.1. The minimum atomic E-state index is -0.481. The van der Waals surface area contributed by atoms with Crippen LogP contribution in [-0.2, 0) is 5.54 Å². The number of hydrogen-bond donors (Lipinski definition) is 1. The van der Waals surface area contributed by atoms with E-state index in [1.165, 1.54) is 6.07 Å². The van der Waals surface area contributed by atoms with Crippen molar-refractivity contribution in [3.05, 3.63) is 35.6 Å². The lowest BCUT2D eigenvalue weighted by Crippen LogP contribution is -2.36. The molecular weight excluding hydrogens is 165 g/mol. The summed E-state index contributed by atoms with van der Waals surface area (Å²) >= 11 is 0. The summed E-state index contributed by atoms with van der Waals surface area (Å²) in [6.07, 6.45) is 2.25. The number of nitrogens with two attached hydrogens (primary N) is 1. The Bertz CT molecular complexity index is 316. The van der Waals surface area contributed by atoms with Crippen LogP contribution >= 0.6 is 0 Å². The molecule has 1 aromatic carbocycles. The Kier molecular flexibility index (Phi) is 1.88. The van der Waals surface area contributed by atoms with E-state index in [2.05, 4.69) is 0 Å². The van der Waals surface area contributed by atoms with E-state index in [9.17, 15) is 4.39 Å². The first kappa shape index (κ1) is 8.70. The predicted octanol–water partition coefficient (Wildman–Crippen LogP) is 2.41. The Balaban J connectivity index is 2.38. The lowest BCUT2D eigenvalue weighted by Gasteiger charge is -2.25. The molecule has 0 radical (unpaired) electrons. The molecule has 2 N–H and O–H groups in total. The molecule has 1 aromatic rings. The Morgan fingerprint density at radius 3 is 2.54 bits per heavy atom. The van der Waals surface area contributed by atoms with E-state index < -0.39 is 5.54 Å². The second-order valence-electron chi connectivity index (χ2n) is 4.04. The molecule has 2 rings (SSSR count). The number of rotatable bonds is 2. The van der Waals surface area contributed by atoms with Crippen LogP contribution in [0.1, 0.15) is 25.3 Å². The molecule has 0 heterocycles. The van der Waals surface area contributed by atoms with Crippen molar-refractivity contribution in [3.8, 4) is 0 Å². The Morgan fingerprint density at radius 2 is 2.00 bits per heavy atom. The molecule has 1 nitrogen and oxygen atoms in total. The van der Waals surface area contributed by atoms with E-state index in [0.29, 0.717) is 11.5 Å². The summed E-state index contributed by atoms with van der Waals surface area (Å²) in [5.41, 5.74) is 6.27. The van der Waals surface area contributed by atoms with Crippen molar-refractivity contribution in [2.45, 2.75) is 25.3 Å². The van der Waals surface area contributed by atoms with Crippen molar-refractivity contribution in [2.24, 2.45) is 11.7 Å². The topological polar surface area (TPSA) is 26.0 Å². The number of benzene rings is 1. The van der Waals surface area contributed by atoms with E-state index in [1.807, 2.05) is 13.0 Å². The van der Waals surface area contributed by atoms with E-state index in [0.717, 1.165) is 12.8 Å². The van der Waals surface area contributed by atoms with Crippen molar-refractivity contribution in [1.82, 2.24) is 0 Å². The van der Waals surface area contributed by atoms with Crippen molar-refractivity contribution < 1.29 is 4.39 Å². The van der Waals surface area contributed by atoms with Gasteiger partial charge in [-0.15, -0.1) is 0 Å². The smallest absolute Gasteiger partial charge is 0.128 e. The van der Waals surface area contributed by atoms with Gasteiger partial charge in [0.1, 0.15) is 5.82 Å². The average molecular weight is 179 g/mol. The van der Waals surface area contributed by atoms with E-state index in [4.69, 9.17) is 5.73 Å². The highest BCUT2D eigenvalue weighted by molar-refractivity contribution is 5.27. The van der Waals surface area contributed by atoms with Crippen LogP contribution in [0, 0.1) is 11.7 Å². The monoisotopic (exact) mass is 179 g/mol. The number of hydrogen-bond acceptors (Lipinski definition) is 1. The summed E-state index contributed by atoms with van der Waals surface area (Å²) in [4.78, 5) is 0. The maximum atomic E-state index is 13.4. The van der Waals surface area contributed by atoms with Gasteiger partial charge in [-0.2, -0.15) is 0 Å². The van der Waals surface area contributed by atoms with Gasteiger partial charge in [0, 0.05) is 11.1 Å². The SMILES string of the molecule is CC(N)(c1ccccc1F)C1CC1. The lowest BCUT2D eigenvalue weighted by atomic mass is 9.88. The highest BCUT2D eigenvalue weighted by Crippen LogP contribution is 2.44. The van der Waals surface area contributed by atoms with Crippen LogP contribution in [0.15, 0.2) is 24.3 Å². The highest BCUT2D eigenvalue weighted by Gasteiger charge is 2.40. The van der Waals surface area contributed by atoms with Crippen molar-refractivity contribution in [1.29, 1.82) is 0 Å². The molecule has 1 saturated carbocycles. The fraction of sp³-hybridized carbons (Fsp3) is 0.455. The van der Waals surface area contributed by atoms with Crippen LogP contribution in [0.4, 0.5) is 4.39 Å². The summed E-state index contributed by atoms with van der Waals surface area (Å²) in [5.74, 6) is 0.281. The maximum Gasteiger partial charge on any atom is 0.128 e. The van der Waals surface area contributed by atoms with Gasteiger partial charge in [-0.25, -0.2) is 4.39 Å². The van der Waals surface area contributed by atoms with Crippen molar-refractivity contribution in [3.63, 3.8) is 0 Å². The van der Waals surface area contributed by atoms with Crippen LogP contribution < -0.4 is 5.73 Å². The van der Waals surface area contributed by atoms with E-state index in [-0.39, 0.29) is 5.82 Å². The lowest BCUT2D eigenvalue weighted by molar-refractivity contribution is 0.404. The van der Waals surface area contributed by atoms with Gasteiger partial charge < -0.3 is 5.73 Å². The minimum Gasteiger partial charge on any atom is -0.321 e. The molecule has 1 atom stereocenters. The quantitative estimate of drug-likeness (QED) is 0.741. The summed E-state index contributed by atoms with van der Waals surface area (Å²) in [6.45, 7) is 1.92. The molecule has 0 amide bonds. The van der Waals surface area contributed by atoms with E-state index in [1.54, 1.807) is 12.1 Å². The van der Waals surface area contributed by atoms with Crippen LogP contribution in [0.3, 0.4) is 0 Å². The maximum absolute atomic E-state index is 13.4.